The fourth-order valence-corrected chi connectivity index (χ4v) is 13.7. The first kappa shape index (κ1) is 65.2. The van der Waals surface area contributed by atoms with Crippen LogP contribution in [-0.4, -0.2) is 203 Å². The van der Waals surface area contributed by atoms with Gasteiger partial charge in [0.1, 0.15) is 17.7 Å². The number of ether oxygens (including phenoxy) is 6. The molecule has 5 unspecified atom stereocenters. The molecule has 84 heavy (non-hydrogen) atoms. The molecule has 9 atom stereocenters. The third-order valence-corrected chi connectivity index (χ3v) is 17.3. The topological polar surface area (TPSA) is 199 Å². The van der Waals surface area contributed by atoms with Crippen LogP contribution in [0.15, 0.2) is 30.5 Å². The van der Waals surface area contributed by atoms with Crippen LogP contribution in [0.1, 0.15) is 124 Å². The molecule has 24 heteroatoms. The van der Waals surface area contributed by atoms with Gasteiger partial charge in [0.15, 0.2) is 6.29 Å². The van der Waals surface area contributed by atoms with E-state index in [2.05, 4.69) is 19.2 Å². The number of hydrogen-bond donors (Lipinski definition) is 1. The summed E-state index contributed by atoms with van der Waals surface area (Å²) in [5, 5.41) is 11.6. The fraction of sp³-hybridized carbons (Fsp3) is 0.617. The molecule has 10 rings (SSSR count). The van der Waals surface area contributed by atoms with E-state index in [-0.39, 0.29) is 146 Å². The van der Waals surface area contributed by atoms with Crippen molar-refractivity contribution in [1.29, 1.82) is 0 Å². The molecular weight excluding hydrogens is 1310 g/mol. The number of amides is 3. The van der Waals surface area contributed by atoms with Crippen molar-refractivity contribution in [3.05, 3.63) is 47.7 Å². The number of likely N-dealkylation sites (tertiary alicyclic amines) is 3. The van der Waals surface area contributed by atoms with E-state index in [0.717, 1.165) is 45.1 Å². The predicted molar refractivity (Wildman–Crippen MR) is 321 cm³/mol. The maximum atomic E-state index is 17.8. The summed E-state index contributed by atoms with van der Waals surface area (Å²) in [5.41, 5.74) is -1.14. The molecule has 4 aromatic rings. The number of fused-ring (bicyclic) bond motifs is 4. The van der Waals surface area contributed by atoms with E-state index in [1.165, 1.54) is 24.3 Å². The van der Waals surface area contributed by atoms with Gasteiger partial charge in [0.05, 0.1) is 18.2 Å². The number of carboxylic acids is 1. The maximum absolute atomic E-state index is 17.8. The summed E-state index contributed by atoms with van der Waals surface area (Å²) in [6, 6.07) is 3.61. The van der Waals surface area contributed by atoms with E-state index in [4.69, 9.17) is 43.4 Å². The third kappa shape index (κ3) is 14.1. The molecule has 6 fully saturated rings. The third-order valence-electron chi connectivity index (χ3n) is 16.8. The Labute approximate surface area is 516 Å². The van der Waals surface area contributed by atoms with Crippen molar-refractivity contribution < 1.29 is 61.5 Å². The molecule has 0 radical (unpaired) electrons. The van der Waals surface area contributed by atoms with Crippen LogP contribution in [0.4, 0.5) is 19.4 Å². The van der Waals surface area contributed by atoms with Crippen LogP contribution < -0.4 is 14.4 Å². The summed E-state index contributed by atoms with van der Waals surface area (Å²) in [5.74, 6) is 0.798. The minimum Gasteiger partial charge on any atom is -0.813 e. The number of rotatable bonds is 17. The normalized spacial score (nSPS) is 24.0. The average Bonchev–Trinajstić information content (AvgIpc) is 1.37. The number of carbonyl (C=O) groups is 4. The quantitative estimate of drug-likeness (QED) is 0.0271. The van der Waals surface area contributed by atoms with Crippen molar-refractivity contribution in [2.75, 3.05) is 64.7 Å². The molecule has 8 heterocycles. The van der Waals surface area contributed by atoms with Crippen LogP contribution in [0.5, 0.6) is 11.8 Å². The number of halogens is 2. The number of carbonyl (C=O) groups excluding carboxylic acids is 3. The Balaban J connectivity index is 0.00000460. The van der Waals surface area contributed by atoms with Gasteiger partial charge in [-0.05, 0) is 103 Å². The molecule has 6 aliphatic rings. The van der Waals surface area contributed by atoms with Gasteiger partial charge in [-0.3, -0.25) is 19.4 Å². The van der Waals surface area contributed by atoms with Crippen LogP contribution >= 0.6 is 9.90 Å². The zero-order valence-electron chi connectivity index (χ0n) is 49.2. The Morgan fingerprint density at radius 3 is 2.39 bits per heavy atom. The van der Waals surface area contributed by atoms with E-state index < -0.39 is 53.1 Å². The second kappa shape index (κ2) is 27.5. The molecule has 6 saturated heterocycles. The van der Waals surface area contributed by atoms with Gasteiger partial charge in [0, 0.05) is 38.1 Å². The second-order valence-electron chi connectivity index (χ2n) is 24.7. The number of methoxy groups -OCH3 is 1. The van der Waals surface area contributed by atoms with E-state index in [1.54, 1.807) is 23.1 Å². The predicted octanol–water partition coefficient (Wildman–Crippen LogP) is 7.59. The SMILES string of the molecule is COCOc1cc(-c2ncc3c(N4CC5CCC(C4)N5C(=O)OC(C)(C)C)nc(OC[C@@H]4CCCN4CCCC4CCC(=O)N4[C@H](C(=O)N4C[C@H](OC5CCCCO5)C[C@H]4C(=O)O)C(C)(C)C)nc3c2F)c2c(C#[C][Tl])c(F)ccc2c1.P.[SH-]. The van der Waals surface area contributed by atoms with Crippen molar-refractivity contribution in [3.63, 3.8) is 0 Å². The zero-order chi connectivity index (χ0) is 58.2. The molecule has 0 spiro atoms. The molecule has 19 nitrogen and oxygen atoms in total. The standard InChI is InChI=1S/C60H75F2N8O11.H3P.H2S.Tl/c1-9-42-45(61)21-17-35-26-40(79-34-76-8)27-43(49(35)42)51-50(62)52-44(29-63-51)54(67-30-37-18-19-38(31-67)69(37)58(75)81-60(5,6)7)65-57(64-52)78-33-39-15-13-24-66(39)23-12-14-36-20-22-47(71)70(36)53(59(2,3)4)55(72)68-32-41(28-46(68)56(73)74)80-48-16-10-11-25-77-48;;;/h17,21,26-27,29,36-39,41,46,48,53H,10-16,18-20,22-25,28,30-34H2,2-8H3,(H,73,74);1H3;1H2;/p-1/t36?,37?,38?,39-,41+,46-,48?,53+;;;/m0.../s1. The number of thiol groups is 1. The molecule has 454 valence electrons. The maximum Gasteiger partial charge on any atom is -0.153 e. The summed E-state index contributed by atoms with van der Waals surface area (Å²) in [7, 11) is 1.49. The van der Waals surface area contributed by atoms with Gasteiger partial charge >= 0.3 is 222 Å². The summed E-state index contributed by atoms with van der Waals surface area (Å²) in [4.78, 5) is 78.8. The molecule has 2 aromatic carbocycles. The minimum absolute atomic E-state index is 0. The molecule has 1 N–H and O–H groups in total. The Bertz CT molecular complexity index is 3130. The number of aromatic nitrogens is 3. The van der Waals surface area contributed by atoms with Gasteiger partial charge < -0.3 is 42.6 Å². The van der Waals surface area contributed by atoms with Crippen LogP contribution in [-0.2, 0) is 46.8 Å². The van der Waals surface area contributed by atoms with E-state index >= 15 is 8.78 Å². The number of carboxylic acid groups (broad SMARTS) is 1. The van der Waals surface area contributed by atoms with Gasteiger partial charge in [0.25, 0.3) is 0 Å². The number of aliphatic carboxylic acids is 1. The van der Waals surface area contributed by atoms with Crippen LogP contribution in [0.3, 0.4) is 0 Å². The van der Waals surface area contributed by atoms with Crippen LogP contribution in [0, 0.1) is 26.4 Å². The van der Waals surface area contributed by atoms with Gasteiger partial charge in [-0.15, -0.1) is 0 Å². The molecule has 0 saturated carbocycles. The Morgan fingerprint density at radius 2 is 1.71 bits per heavy atom. The molecule has 2 bridgehead atoms. The largest absolute Gasteiger partial charge is 0.813 e. The Morgan fingerprint density at radius 1 is 0.952 bits per heavy atom. The Kier molecular flexibility index (Phi) is 21.4. The number of nitrogens with zero attached hydrogens (tertiary/aromatic N) is 8. The fourth-order valence-electron chi connectivity index (χ4n) is 13.2. The first-order chi connectivity index (χ1) is 39.2. The van der Waals surface area contributed by atoms with Crippen molar-refractivity contribution in [3.8, 4) is 32.4 Å². The average molecular weight is 1390 g/mol. The van der Waals surface area contributed by atoms with E-state index in [9.17, 15) is 24.3 Å². The van der Waals surface area contributed by atoms with Gasteiger partial charge in [-0.1, -0.05) is 20.8 Å². The summed E-state index contributed by atoms with van der Waals surface area (Å²) >= 11 is 0.254. The van der Waals surface area contributed by atoms with Crippen molar-refractivity contribution in [2.24, 2.45) is 5.41 Å². The van der Waals surface area contributed by atoms with Gasteiger partial charge in [-0.2, -0.15) is 9.90 Å². The number of pyridine rings is 1. The van der Waals surface area contributed by atoms with E-state index in [0.29, 0.717) is 86.1 Å². The summed E-state index contributed by atoms with van der Waals surface area (Å²) in [6.07, 6.45) is 8.46. The first-order valence-electron chi connectivity index (χ1n) is 28.9. The number of benzene rings is 2. The zero-order valence-corrected chi connectivity index (χ0v) is 56.0. The van der Waals surface area contributed by atoms with Gasteiger partial charge in [0.2, 0.25) is 11.8 Å². The first-order valence-corrected chi connectivity index (χ1v) is 31.2. The Hall–Kier alpha value is -4.77. The minimum atomic E-state index is -1.10. The number of piperazine rings is 1. The van der Waals surface area contributed by atoms with Crippen LogP contribution in [0.25, 0.3) is 32.9 Å². The van der Waals surface area contributed by atoms with Crippen LogP contribution in [0.2, 0.25) is 0 Å². The number of anilines is 1. The monoisotopic (exact) mass is 1390 g/mol. The van der Waals surface area contributed by atoms with Gasteiger partial charge in [-0.25, -0.2) is 9.59 Å². The molecule has 3 amide bonds. The van der Waals surface area contributed by atoms with Crippen molar-refractivity contribution in [2.45, 2.75) is 173 Å². The van der Waals surface area contributed by atoms with Crippen molar-refractivity contribution in [1.82, 2.24) is 34.6 Å². The molecule has 6 aliphatic heterocycles. The summed E-state index contributed by atoms with van der Waals surface area (Å²) in [6.45, 7) is 14.4. The second-order valence-corrected chi connectivity index (χ2v) is 25.8. The van der Waals surface area contributed by atoms with E-state index in [1.807, 2.05) is 46.4 Å². The number of hydrogen-bond acceptors (Lipinski definition) is 16. The van der Waals surface area contributed by atoms with Crippen molar-refractivity contribution >= 4 is 101 Å². The smallest absolute Gasteiger partial charge is 0.153 e. The molecular formula is C60H79F2N8O11PSTl-. The summed E-state index contributed by atoms with van der Waals surface area (Å²) < 4.78 is 71.9. The molecule has 0 aliphatic carbocycles. The molecule has 2 aromatic heterocycles.